The van der Waals surface area contributed by atoms with Crippen LogP contribution in [0.3, 0.4) is 0 Å². The van der Waals surface area contributed by atoms with Gasteiger partial charge in [0.2, 0.25) is 0 Å². The molecule has 3 heterocycles. The van der Waals surface area contributed by atoms with Crippen molar-refractivity contribution in [2.24, 2.45) is 17.8 Å². The van der Waals surface area contributed by atoms with Gasteiger partial charge in [0, 0.05) is 32.8 Å². The second-order valence-electron chi connectivity index (χ2n) is 5.45. The quantitative estimate of drug-likeness (QED) is 0.721. The van der Waals surface area contributed by atoms with Crippen LogP contribution in [0.4, 0.5) is 0 Å². The summed E-state index contributed by atoms with van der Waals surface area (Å²) >= 11 is 0. The molecule has 0 radical (unpaired) electrons. The number of hydrogen-bond donors (Lipinski definition) is 1. The molecular formula is C12H22N2O. The fraction of sp³-hybridized carbons (Fsp3) is 1.00. The van der Waals surface area contributed by atoms with Crippen LogP contribution in [0.25, 0.3) is 0 Å². The Hall–Kier alpha value is -0.120. The summed E-state index contributed by atoms with van der Waals surface area (Å²) in [5, 5.41) is 3.50. The Labute approximate surface area is 92.2 Å². The van der Waals surface area contributed by atoms with Gasteiger partial charge in [0.1, 0.15) is 0 Å². The molecule has 0 aromatic heterocycles. The van der Waals surface area contributed by atoms with Crippen molar-refractivity contribution in [3.63, 3.8) is 0 Å². The highest BCUT2D eigenvalue weighted by Crippen LogP contribution is 2.28. The van der Waals surface area contributed by atoms with Crippen LogP contribution in [-0.2, 0) is 4.74 Å². The van der Waals surface area contributed by atoms with Gasteiger partial charge in [0.15, 0.2) is 0 Å². The lowest BCUT2D eigenvalue weighted by Crippen LogP contribution is -2.33. The molecule has 3 nitrogen and oxygen atoms in total. The summed E-state index contributed by atoms with van der Waals surface area (Å²) in [6.45, 7) is 8.52. The monoisotopic (exact) mass is 210 g/mol. The number of nitrogens with zero attached hydrogens (tertiary/aromatic N) is 1. The molecule has 0 spiro atoms. The Kier molecular flexibility index (Phi) is 2.95. The highest BCUT2D eigenvalue weighted by Gasteiger charge is 2.36. The lowest BCUT2D eigenvalue weighted by Gasteiger charge is -2.27. The Bertz CT molecular complexity index is 204. The van der Waals surface area contributed by atoms with Gasteiger partial charge in [-0.25, -0.2) is 0 Å². The van der Waals surface area contributed by atoms with Gasteiger partial charge in [-0.15, -0.1) is 0 Å². The van der Waals surface area contributed by atoms with E-state index in [0.29, 0.717) is 0 Å². The first-order valence-electron chi connectivity index (χ1n) is 6.42. The highest BCUT2D eigenvalue weighted by atomic mass is 16.5. The van der Waals surface area contributed by atoms with E-state index in [-0.39, 0.29) is 0 Å². The van der Waals surface area contributed by atoms with Gasteiger partial charge in [-0.2, -0.15) is 0 Å². The van der Waals surface area contributed by atoms with E-state index in [1.54, 1.807) is 0 Å². The minimum absolute atomic E-state index is 0.908. The van der Waals surface area contributed by atoms with Crippen molar-refractivity contribution in [1.82, 2.24) is 10.2 Å². The third-order valence-electron chi connectivity index (χ3n) is 4.32. The lowest BCUT2D eigenvalue weighted by molar-refractivity contribution is 0.0546. The van der Waals surface area contributed by atoms with Crippen molar-refractivity contribution in [2.75, 3.05) is 45.9 Å². The van der Waals surface area contributed by atoms with Crippen molar-refractivity contribution in [1.29, 1.82) is 0 Å². The molecule has 3 saturated heterocycles. The standard InChI is InChI=1S/C12H22N2O/c1-3-15-4-2-10(1)7-14-8-11-5-13-6-12(11)9-14/h10-13H,1-9H2/t11-,12+. The van der Waals surface area contributed by atoms with Gasteiger partial charge < -0.3 is 15.0 Å². The summed E-state index contributed by atoms with van der Waals surface area (Å²) in [7, 11) is 0. The summed E-state index contributed by atoms with van der Waals surface area (Å²) in [5.74, 6) is 2.81. The summed E-state index contributed by atoms with van der Waals surface area (Å²) in [6.07, 6.45) is 2.56. The van der Waals surface area contributed by atoms with Crippen molar-refractivity contribution >= 4 is 0 Å². The third-order valence-corrected chi connectivity index (χ3v) is 4.32. The normalized spacial score (nSPS) is 38.4. The molecule has 86 valence electrons. The molecule has 3 heteroatoms. The Morgan fingerprint density at radius 1 is 1.07 bits per heavy atom. The van der Waals surface area contributed by atoms with Crippen LogP contribution in [0.5, 0.6) is 0 Å². The van der Waals surface area contributed by atoms with Crippen molar-refractivity contribution < 1.29 is 4.74 Å². The number of ether oxygens (including phenoxy) is 1. The van der Waals surface area contributed by atoms with E-state index in [0.717, 1.165) is 31.0 Å². The molecule has 1 N–H and O–H groups in total. The van der Waals surface area contributed by atoms with Gasteiger partial charge >= 0.3 is 0 Å². The van der Waals surface area contributed by atoms with Gasteiger partial charge in [0.25, 0.3) is 0 Å². The number of likely N-dealkylation sites (tertiary alicyclic amines) is 1. The van der Waals surface area contributed by atoms with Crippen molar-refractivity contribution in [2.45, 2.75) is 12.8 Å². The molecule has 15 heavy (non-hydrogen) atoms. The molecular weight excluding hydrogens is 188 g/mol. The van der Waals surface area contributed by atoms with Gasteiger partial charge in [-0.05, 0) is 43.7 Å². The van der Waals surface area contributed by atoms with Crippen molar-refractivity contribution in [3.8, 4) is 0 Å². The number of fused-ring (bicyclic) bond motifs is 1. The Morgan fingerprint density at radius 3 is 2.40 bits per heavy atom. The molecule has 0 aromatic rings. The summed E-state index contributed by atoms with van der Waals surface area (Å²) in [4.78, 5) is 2.70. The zero-order chi connectivity index (χ0) is 10.1. The van der Waals surface area contributed by atoms with E-state index >= 15 is 0 Å². The fourth-order valence-corrected chi connectivity index (χ4v) is 3.40. The third kappa shape index (κ3) is 2.19. The maximum Gasteiger partial charge on any atom is 0.0469 e. The predicted molar refractivity (Wildman–Crippen MR) is 59.8 cm³/mol. The Morgan fingerprint density at radius 2 is 1.73 bits per heavy atom. The minimum atomic E-state index is 0.908. The Balaban J connectivity index is 1.48. The average molecular weight is 210 g/mol. The molecule has 3 aliphatic rings. The smallest absolute Gasteiger partial charge is 0.0469 e. The first kappa shape index (κ1) is 10.1. The molecule has 0 aromatic carbocycles. The molecule has 2 atom stereocenters. The molecule has 0 bridgehead atoms. The summed E-state index contributed by atoms with van der Waals surface area (Å²) < 4.78 is 5.41. The maximum absolute atomic E-state index is 5.41. The minimum Gasteiger partial charge on any atom is -0.381 e. The zero-order valence-electron chi connectivity index (χ0n) is 9.45. The van der Waals surface area contributed by atoms with Gasteiger partial charge in [-0.1, -0.05) is 0 Å². The SMILES string of the molecule is C1CC(CN2C[C@H]3CNC[C@H]3C2)CCO1. The zero-order valence-corrected chi connectivity index (χ0v) is 9.45. The second kappa shape index (κ2) is 4.40. The van der Waals surface area contributed by atoms with Crippen LogP contribution in [-0.4, -0.2) is 50.8 Å². The fourth-order valence-electron chi connectivity index (χ4n) is 3.40. The number of hydrogen-bond acceptors (Lipinski definition) is 3. The van der Waals surface area contributed by atoms with Crippen molar-refractivity contribution in [3.05, 3.63) is 0 Å². The lowest BCUT2D eigenvalue weighted by atomic mass is 10.00. The molecule has 0 amide bonds. The molecule has 0 unspecified atom stereocenters. The average Bonchev–Trinajstić information content (AvgIpc) is 2.79. The second-order valence-corrected chi connectivity index (χ2v) is 5.45. The topological polar surface area (TPSA) is 24.5 Å². The largest absolute Gasteiger partial charge is 0.381 e. The van der Waals surface area contributed by atoms with E-state index in [4.69, 9.17) is 4.74 Å². The van der Waals surface area contributed by atoms with Crippen LogP contribution >= 0.6 is 0 Å². The molecule has 0 aliphatic carbocycles. The van der Waals surface area contributed by atoms with E-state index in [1.165, 1.54) is 45.6 Å². The van der Waals surface area contributed by atoms with E-state index < -0.39 is 0 Å². The first-order valence-corrected chi connectivity index (χ1v) is 6.42. The number of rotatable bonds is 2. The maximum atomic E-state index is 5.41. The number of nitrogens with one attached hydrogen (secondary N) is 1. The summed E-state index contributed by atoms with van der Waals surface area (Å²) in [5.41, 5.74) is 0. The van der Waals surface area contributed by atoms with E-state index in [1.807, 2.05) is 0 Å². The molecule has 3 rings (SSSR count). The van der Waals surface area contributed by atoms with Crippen LogP contribution in [0.15, 0.2) is 0 Å². The molecule has 3 fully saturated rings. The molecule has 0 saturated carbocycles. The van der Waals surface area contributed by atoms with Crippen LogP contribution < -0.4 is 5.32 Å². The van der Waals surface area contributed by atoms with Crippen LogP contribution in [0, 0.1) is 17.8 Å². The van der Waals surface area contributed by atoms with Gasteiger partial charge in [0.05, 0.1) is 0 Å². The summed E-state index contributed by atoms with van der Waals surface area (Å²) in [6, 6.07) is 0. The first-order chi connectivity index (χ1) is 7.42. The molecule has 3 aliphatic heterocycles. The van der Waals surface area contributed by atoms with E-state index in [9.17, 15) is 0 Å². The van der Waals surface area contributed by atoms with Crippen LogP contribution in [0.2, 0.25) is 0 Å². The predicted octanol–water partition coefficient (Wildman–Crippen LogP) is 0.564. The highest BCUT2D eigenvalue weighted by molar-refractivity contribution is 4.91. The van der Waals surface area contributed by atoms with Crippen LogP contribution in [0.1, 0.15) is 12.8 Å². The van der Waals surface area contributed by atoms with E-state index in [2.05, 4.69) is 10.2 Å². The van der Waals surface area contributed by atoms with Gasteiger partial charge in [-0.3, -0.25) is 0 Å².